The molecule has 0 aliphatic carbocycles. The van der Waals surface area contributed by atoms with Crippen LogP contribution in [0.2, 0.25) is 0 Å². The third kappa shape index (κ3) is 5.53. The van der Waals surface area contributed by atoms with Gasteiger partial charge in [-0.05, 0) is 57.0 Å². The average Bonchev–Trinajstić information content (AvgIpc) is 2.67. The highest BCUT2D eigenvalue weighted by Crippen LogP contribution is 2.28. The van der Waals surface area contributed by atoms with E-state index in [1.54, 1.807) is 0 Å². The highest BCUT2D eigenvalue weighted by molar-refractivity contribution is 7.80. The Morgan fingerprint density at radius 1 is 1.26 bits per heavy atom. The number of piperidine rings is 1. The van der Waals surface area contributed by atoms with Gasteiger partial charge in [0.2, 0.25) is 11.8 Å². The van der Waals surface area contributed by atoms with Gasteiger partial charge in [0.1, 0.15) is 11.6 Å². The molecule has 1 fully saturated rings. The quantitative estimate of drug-likeness (QED) is 0.717. The van der Waals surface area contributed by atoms with E-state index in [1.165, 1.54) is 12.8 Å². The molecule has 7 heteroatoms. The molecule has 1 aliphatic heterocycles. The molecule has 1 saturated heterocycles. The van der Waals surface area contributed by atoms with Crippen molar-refractivity contribution in [1.29, 1.82) is 0 Å². The number of aromatic nitrogens is 2. The Labute approximate surface area is 166 Å². The minimum atomic E-state index is 0.441. The molecule has 2 N–H and O–H groups in total. The Bertz CT molecular complexity index is 755. The summed E-state index contributed by atoms with van der Waals surface area (Å²) in [6.45, 7) is 6.12. The minimum absolute atomic E-state index is 0.441. The molecule has 1 aromatic carbocycles. The lowest BCUT2D eigenvalue weighted by Gasteiger charge is -2.34. The minimum Gasteiger partial charge on any atom is -0.439 e. The van der Waals surface area contributed by atoms with E-state index in [4.69, 9.17) is 21.9 Å². The Kier molecular flexibility index (Phi) is 6.81. The highest BCUT2D eigenvalue weighted by Gasteiger charge is 2.21. The van der Waals surface area contributed by atoms with Crippen molar-refractivity contribution in [3.63, 3.8) is 0 Å². The lowest BCUT2D eigenvalue weighted by atomic mass is 10.0. The van der Waals surface area contributed by atoms with Crippen LogP contribution in [0.5, 0.6) is 11.6 Å². The van der Waals surface area contributed by atoms with E-state index in [1.807, 2.05) is 36.4 Å². The zero-order valence-corrected chi connectivity index (χ0v) is 16.8. The number of ether oxygens (including phenoxy) is 1. The van der Waals surface area contributed by atoms with Gasteiger partial charge < -0.3 is 20.3 Å². The first kappa shape index (κ1) is 19.4. The summed E-state index contributed by atoms with van der Waals surface area (Å²) in [5, 5.41) is 6.75. The monoisotopic (exact) mass is 385 g/mol. The van der Waals surface area contributed by atoms with E-state index in [0.29, 0.717) is 23.0 Å². The molecule has 1 atom stereocenters. The van der Waals surface area contributed by atoms with Crippen molar-refractivity contribution >= 4 is 29.1 Å². The molecule has 2 heterocycles. The summed E-state index contributed by atoms with van der Waals surface area (Å²) in [5.41, 5.74) is 0. The Hall–Kier alpha value is -2.41. The van der Waals surface area contributed by atoms with Crippen molar-refractivity contribution < 1.29 is 4.74 Å². The molecule has 144 valence electrons. The standard InChI is InChI=1S/C20H27N5OS/c1-3-12-21-20(27)24-19-22-17(25-13-8-7-9-15(25)2)14-18(23-19)26-16-10-5-4-6-11-16/h4-6,10-11,14-15H,3,7-9,12-13H2,1-2H3,(H2,21,22,23,24,27)/t15-/m1/s1. The summed E-state index contributed by atoms with van der Waals surface area (Å²) in [4.78, 5) is 11.5. The van der Waals surface area contributed by atoms with Crippen molar-refractivity contribution in [3.8, 4) is 11.6 Å². The van der Waals surface area contributed by atoms with Crippen molar-refractivity contribution in [1.82, 2.24) is 15.3 Å². The van der Waals surface area contributed by atoms with E-state index in [9.17, 15) is 0 Å². The number of hydrogen-bond acceptors (Lipinski definition) is 5. The van der Waals surface area contributed by atoms with Gasteiger partial charge in [-0.1, -0.05) is 25.1 Å². The van der Waals surface area contributed by atoms with Gasteiger partial charge in [0, 0.05) is 25.2 Å². The van der Waals surface area contributed by atoms with Gasteiger partial charge in [-0.2, -0.15) is 9.97 Å². The Morgan fingerprint density at radius 3 is 2.81 bits per heavy atom. The van der Waals surface area contributed by atoms with Gasteiger partial charge in [-0.3, -0.25) is 0 Å². The largest absolute Gasteiger partial charge is 0.439 e. The fourth-order valence-electron chi connectivity index (χ4n) is 3.10. The zero-order chi connectivity index (χ0) is 19.1. The number of benzene rings is 1. The molecule has 3 rings (SSSR count). The van der Waals surface area contributed by atoms with Crippen LogP contribution in [0.25, 0.3) is 0 Å². The molecular formula is C20H27N5OS. The van der Waals surface area contributed by atoms with Crippen molar-refractivity contribution in [3.05, 3.63) is 36.4 Å². The molecule has 0 spiro atoms. The summed E-state index contributed by atoms with van der Waals surface area (Å²) in [6, 6.07) is 12.0. The van der Waals surface area contributed by atoms with Crippen LogP contribution in [-0.4, -0.2) is 34.2 Å². The molecule has 1 aliphatic rings. The Morgan fingerprint density at radius 2 is 2.07 bits per heavy atom. The Balaban J connectivity index is 1.85. The third-order valence-electron chi connectivity index (χ3n) is 4.51. The van der Waals surface area contributed by atoms with Gasteiger partial charge in [0.15, 0.2) is 5.11 Å². The first-order valence-electron chi connectivity index (χ1n) is 9.59. The summed E-state index contributed by atoms with van der Waals surface area (Å²) in [5.74, 6) is 2.56. The molecule has 6 nitrogen and oxygen atoms in total. The number of hydrogen-bond donors (Lipinski definition) is 2. The van der Waals surface area contributed by atoms with Crippen LogP contribution in [0.1, 0.15) is 39.5 Å². The second kappa shape index (κ2) is 9.50. The molecule has 27 heavy (non-hydrogen) atoms. The topological polar surface area (TPSA) is 62.3 Å². The van der Waals surface area contributed by atoms with Gasteiger partial charge in [0.05, 0.1) is 0 Å². The van der Waals surface area contributed by atoms with Crippen LogP contribution >= 0.6 is 12.2 Å². The van der Waals surface area contributed by atoms with E-state index in [2.05, 4.69) is 34.4 Å². The SMILES string of the molecule is CCCNC(=S)Nc1nc(Oc2ccccc2)cc(N2CCCC[C@H]2C)n1. The van der Waals surface area contributed by atoms with Gasteiger partial charge >= 0.3 is 0 Å². The molecule has 0 unspecified atom stereocenters. The van der Waals surface area contributed by atoms with Crippen LogP contribution in [0.4, 0.5) is 11.8 Å². The molecule has 0 saturated carbocycles. The molecule has 0 bridgehead atoms. The lowest BCUT2D eigenvalue weighted by Crippen LogP contribution is -2.38. The predicted octanol–water partition coefficient (Wildman–Crippen LogP) is 4.34. The first-order chi connectivity index (χ1) is 13.2. The smallest absolute Gasteiger partial charge is 0.234 e. The maximum Gasteiger partial charge on any atom is 0.234 e. The van der Waals surface area contributed by atoms with Gasteiger partial charge in [0.25, 0.3) is 0 Å². The van der Waals surface area contributed by atoms with Gasteiger partial charge in [-0.25, -0.2) is 0 Å². The second-order valence-corrected chi connectivity index (χ2v) is 7.13. The highest BCUT2D eigenvalue weighted by atomic mass is 32.1. The zero-order valence-electron chi connectivity index (χ0n) is 15.9. The molecule has 1 aromatic heterocycles. The normalized spacial score (nSPS) is 16.7. The van der Waals surface area contributed by atoms with Crippen molar-refractivity contribution in [2.24, 2.45) is 0 Å². The first-order valence-corrected chi connectivity index (χ1v) is 10.00. The fourth-order valence-corrected chi connectivity index (χ4v) is 3.29. The summed E-state index contributed by atoms with van der Waals surface area (Å²) < 4.78 is 5.97. The van der Waals surface area contributed by atoms with Gasteiger partial charge in [-0.15, -0.1) is 0 Å². The fraction of sp³-hybridized carbons (Fsp3) is 0.450. The van der Waals surface area contributed by atoms with Crippen molar-refractivity contribution in [2.75, 3.05) is 23.3 Å². The summed E-state index contributed by atoms with van der Waals surface area (Å²) in [7, 11) is 0. The van der Waals surface area contributed by atoms with Crippen LogP contribution < -0.4 is 20.3 Å². The number of para-hydroxylation sites is 1. The van der Waals surface area contributed by atoms with Crippen LogP contribution in [0.15, 0.2) is 36.4 Å². The summed E-state index contributed by atoms with van der Waals surface area (Å²) >= 11 is 5.34. The van der Waals surface area contributed by atoms with Crippen LogP contribution in [0, 0.1) is 0 Å². The number of rotatable bonds is 6. The van der Waals surface area contributed by atoms with E-state index in [-0.39, 0.29) is 0 Å². The molecule has 0 amide bonds. The summed E-state index contributed by atoms with van der Waals surface area (Å²) in [6.07, 6.45) is 4.59. The number of nitrogens with one attached hydrogen (secondary N) is 2. The molecular weight excluding hydrogens is 358 g/mol. The predicted molar refractivity (Wildman–Crippen MR) is 114 cm³/mol. The van der Waals surface area contributed by atoms with Crippen LogP contribution in [0.3, 0.4) is 0 Å². The number of nitrogens with zero attached hydrogens (tertiary/aromatic N) is 3. The van der Waals surface area contributed by atoms with Crippen LogP contribution in [-0.2, 0) is 0 Å². The average molecular weight is 386 g/mol. The second-order valence-electron chi connectivity index (χ2n) is 6.72. The molecule has 2 aromatic rings. The number of thiocarbonyl (C=S) groups is 1. The third-order valence-corrected chi connectivity index (χ3v) is 4.76. The molecule has 0 radical (unpaired) electrons. The lowest BCUT2D eigenvalue weighted by molar-refractivity contribution is 0.457. The maximum atomic E-state index is 5.97. The van der Waals surface area contributed by atoms with E-state index in [0.717, 1.165) is 37.5 Å². The van der Waals surface area contributed by atoms with E-state index < -0.39 is 0 Å². The van der Waals surface area contributed by atoms with Crippen molar-refractivity contribution in [2.45, 2.75) is 45.6 Å². The number of anilines is 2. The van der Waals surface area contributed by atoms with E-state index >= 15 is 0 Å². The maximum absolute atomic E-state index is 5.97.